The molecule has 0 amide bonds. The van der Waals surface area contributed by atoms with Gasteiger partial charge in [-0.15, -0.1) is 0 Å². The maximum Gasteiger partial charge on any atom is 0.342 e. The Bertz CT molecular complexity index is 326. The zero-order valence-electron chi connectivity index (χ0n) is 10.7. The molecule has 1 aliphatic rings. The van der Waals surface area contributed by atoms with Crippen LogP contribution in [0.15, 0.2) is 0 Å². The lowest BCUT2D eigenvalue weighted by atomic mass is 9.78. The third-order valence-electron chi connectivity index (χ3n) is 2.82. The van der Waals surface area contributed by atoms with Crippen molar-refractivity contribution >= 4 is 17.5 Å². The molecule has 1 fully saturated rings. The Morgan fingerprint density at radius 3 is 2.00 bits per heavy atom. The van der Waals surface area contributed by atoms with Gasteiger partial charge < -0.3 is 4.74 Å². The molecule has 0 atom stereocenters. The number of nitrogens with one attached hydrogen (secondary N) is 1. The van der Waals surface area contributed by atoms with Gasteiger partial charge in [0.25, 0.3) is 0 Å². The van der Waals surface area contributed by atoms with Gasteiger partial charge in [-0.1, -0.05) is 27.7 Å². The number of hydrogen-bond donors (Lipinski definition) is 1. The van der Waals surface area contributed by atoms with Crippen LogP contribution in [0.3, 0.4) is 0 Å². The molecule has 1 heterocycles. The Morgan fingerprint density at radius 2 is 1.65 bits per heavy atom. The van der Waals surface area contributed by atoms with Crippen LogP contribution in [-0.2, 0) is 19.1 Å². The van der Waals surface area contributed by atoms with E-state index in [0.717, 1.165) is 0 Å². The van der Waals surface area contributed by atoms with Gasteiger partial charge in [-0.05, 0) is 0 Å². The first-order chi connectivity index (χ1) is 7.84. The van der Waals surface area contributed by atoms with E-state index in [2.05, 4.69) is 5.32 Å². The molecule has 0 radical (unpaired) electrons. The minimum absolute atomic E-state index is 0.192. The lowest BCUT2D eigenvalue weighted by Gasteiger charge is -2.35. The molecular weight excluding hydrogens is 222 g/mol. The fourth-order valence-corrected chi connectivity index (χ4v) is 1.93. The minimum atomic E-state index is -1.79. The van der Waals surface area contributed by atoms with Crippen molar-refractivity contribution in [2.75, 3.05) is 13.2 Å². The van der Waals surface area contributed by atoms with Crippen LogP contribution in [0, 0.1) is 11.8 Å². The smallest absolute Gasteiger partial charge is 0.342 e. The number of morpholine rings is 1. The average Bonchev–Trinajstić information content (AvgIpc) is 2.28. The molecule has 0 aromatic carbocycles. The van der Waals surface area contributed by atoms with Crippen LogP contribution in [-0.4, -0.2) is 36.2 Å². The summed E-state index contributed by atoms with van der Waals surface area (Å²) >= 11 is 0. The lowest BCUT2D eigenvalue weighted by Crippen LogP contribution is -2.69. The van der Waals surface area contributed by atoms with Gasteiger partial charge in [0, 0.05) is 18.4 Å². The first kappa shape index (κ1) is 13.8. The van der Waals surface area contributed by atoms with Crippen molar-refractivity contribution < 1.29 is 19.1 Å². The van der Waals surface area contributed by atoms with Crippen LogP contribution in [0.5, 0.6) is 0 Å². The number of ether oxygens (including phenoxy) is 1. The molecule has 1 N–H and O–H groups in total. The molecule has 5 heteroatoms. The predicted molar refractivity (Wildman–Crippen MR) is 61.4 cm³/mol. The van der Waals surface area contributed by atoms with E-state index < -0.39 is 34.9 Å². The molecule has 0 saturated carbocycles. The minimum Gasteiger partial charge on any atom is -0.462 e. The third kappa shape index (κ3) is 2.24. The zero-order chi connectivity index (χ0) is 13.2. The second kappa shape index (κ2) is 4.96. The Hall–Kier alpha value is -1.23. The Morgan fingerprint density at radius 1 is 1.18 bits per heavy atom. The van der Waals surface area contributed by atoms with Gasteiger partial charge in [-0.2, -0.15) is 0 Å². The summed E-state index contributed by atoms with van der Waals surface area (Å²) in [6.07, 6.45) is 0. The second-order valence-corrected chi connectivity index (χ2v) is 4.85. The highest BCUT2D eigenvalue weighted by Gasteiger charge is 2.55. The van der Waals surface area contributed by atoms with Crippen molar-refractivity contribution in [3.63, 3.8) is 0 Å². The van der Waals surface area contributed by atoms with Gasteiger partial charge in [0.2, 0.25) is 5.54 Å². The largest absolute Gasteiger partial charge is 0.462 e. The predicted octanol–water partition coefficient (Wildman–Crippen LogP) is 0.322. The zero-order valence-corrected chi connectivity index (χ0v) is 10.7. The van der Waals surface area contributed by atoms with E-state index in [0.29, 0.717) is 6.54 Å². The number of cyclic esters (lactones) is 1. The molecule has 0 aliphatic carbocycles. The summed E-state index contributed by atoms with van der Waals surface area (Å²) in [7, 11) is 0. The Kier molecular flexibility index (Phi) is 4.03. The van der Waals surface area contributed by atoms with E-state index in [1.807, 2.05) is 0 Å². The van der Waals surface area contributed by atoms with E-state index in [-0.39, 0.29) is 6.61 Å². The van der Waals surface area contributed by atoms with Crippen molar-refractivity contribution in [2.24, 2.45) is 11.8 Å². The fourth-order valence-electron chi connectivity index (χ4n) is 1.93. The van der Waals surface area contributed by atoms with Crippen molar-refractivity contribution in [3.05, 3.63) is 0 Å². The van der Waals surface area contributed by atoms with Crippen LogP contribution >= 0.6 is 0 Å². The molecule has 0 spiro atoms. The molecule has 0 aromatic rings. The van der Waals surface area contributed by atoms with Gasteiger partial charge in [-0.3, -0.25) is 14.9 Å². The standard InChI is InChI=1S/C12H19NO4/c1-7(2)9(14)12(10(15)8(3)4)11(16)17-6-5-13-12/h7-8,13H,5-6H2,1-4H3. The molecule has 0 unspecified atom stereocenters. The van der Waals surface area contributed by atoms with Gasteiger partial charge >= 0.3 is 5.97 Å². The highest BCUT2D eigenvalue weighted by Crippen LogP contribution is 2.22. The molecule has 0 aromatic heterocycles. The molecule has 1 saturated heterocycles. The number of carbonyl (C=O) groups is 3. The summed E-state index contributed by atoms with van der Waals surface area (Å²) in [5, 5.41) is 2.77. The normalized spacial score (nSPS) is 19.3. The summed E-state index contributed by atoms with van der Waals surface area (Å²) in [4.78, 5) is 36.3. The summed E-state index contributed by atoms with van der Waals surface area (Å²) in [5.41, 5.74) is -1.79. The van der Waals surface area contributed by atoms with E-state index >= 15 is 0 Å². The average molecular weight is 241 g/mol. The molecule has 1 rings (SSSR count). The maximum atomic E-state index is 12.2. The number of rotatable bonds is 4. The lowest BCUT2D eigenvalue weighted by molar-refractivity contribution is -0.165. The molecule has 0 bridgehead atoms. The fraction of sp³-hybridized carbons (Fsp3) is 0.750. The van der Waals surface area contributed by atoms with Crippen LogP contribution in [0.2, 0.25) is 0 Å². The third-order valence-corrected chi connectivity index (χ3v) is 2.82. The monoisotopic (exact) mass is 241 g/mol. The van der Waals surface area contributed by atoms with Crippen molar-refractivity contribution in [1.82, 2.24) is 5.32 Å². The van der Waals surface area contributed by atoms with Crippen molar-refractivity contribution in [1.29, 1.82) is 0 Å². The summed E-state index contributed by atoms with van der Waals surface area (Å²) in [5.74, 6) is -2.41. The Labute approximate surface area is 101 Å². The highest BCUT2D eigenvalue weighted by atomic mass is 16.5. The van der Waals surface area contributed by atoms with Gasteiger partial charge in [0.1, 0.15) is 6.61 Å². The first-order valence-corrected chi connectivity index (χ1v) is 5.85. The van der Waals surface area contributed by atoms with Crippen LogP contribution in [0.1, 0.15) is 27.7 Å². The van der Waals surface area contributed by atoms with E-state index in [1.165, 1.54) is 0 Å². The van der Waals surface area contributed by atoms with E-state index in [4.69, 9.17) is 4.74 Å². The summed E-state index contributed by atoms with van der Waals surface area (Å²) in [6, 6.07) is 0. The SMILES string of the molecule is CC(C)C(=O)C1(C(=O)C(C)C)NCCOC1=O. The van der Waals surface area contributed by atoms with Crippen LogP contribution in [0.25, 0.3) is 0 Å². The molecule has 96 valence electrons. The summed E-state index contributed by atoms with van der Waals surface area (Å²) < 4.78 is 4.89. The topological polar surface area (TPSA) is 72.5 Å². The van der Waals surface area contributed by atoms with E-state index in [1.54, 1.807) is 27.7 Å². The molecular formula is C12H19NO4. The van der Waals surface area contributed by atoms with Gasteiger partial charge in [0.15, 0.2) is 11.6 Å². The Balaban J connectivity index is 3.21. The number of Topliss-reactive ketones (excluding diaryl/α,β-unsaturated/α-hetero) is 2. The number of ketones is 2. The summed E-state index contributed by atoms with van der Waals surface area (Å²) in [6.45, 7) is 7.19. The highest BCUT2D eigenvalue weighted by molar-refractivity contribution is 6.28. The molecule has 17 heavy (non-hydrogen) atoms. The van der Waals surface area contributed by atoms with Crippen LogP contribution in [0.4, 0.5) is 0 Å². The second-order valence-electron chi connectivity index (χ2n) is 4.85. The van der Waals surface area contributed by atoms with E-state index in [9.17, 15) is 14.4 Å². The van der Waals surface area contributed by atoms with Crippen molar-refractivity contribution in [3.8, 4) is 0 Å². The number of hydrogen-bond acceptors (Lipinski definition) is 5. The molecule has 5 nitrogen and oxygen atoms in total. The maximum absolute atomic E-state index is 12.2. The van der Waals surface area contributed by atoms with Crippen molar-refractivity contribution in [2.45, 2.75) is 33.2 Å². The van der Waals surface area contributed by atoms with Gasteiger partial charge in [-0.25, -0.2) is 4.79 Å². The quantitative estimate of drug-likeness (QED) is 0.567. The van der Waals surface area contributed by atoms with Gasteiger partial charge in [0.05, 0.1) is 0 Å². The first-order valence-electron chi connectivity index (χ1n) is 5.85. The van der Waals surface area contributed by atoms with Crippen LogP contribution < -0.4 is 5.32 Å². The number of carbonyl (C=O) groups excluding carboxylic acids is 3. The number of esters is 1. The molecule has 1 aliphatic heterocycles.